The number of esters is 1. The molecule has 1 N–H and O–H groups in total. The first-order valence-corrected chi connectivity index (χ1v) is 6.67. The van der Waals surface area contributed by atoms with Crippen molar-refractivity contribution < 1.29 is 18.8 Å². The molecule has 0 aliphatic carbocycles. The number of aliphatic hydroxyl groups excluding tert-OH is 1. The van der Waals surface area contributed by atoms with Crippen LogP contribution in [0.15, 0.2) is 28.9 Å². The number of carbonyl (C=O) groups is 1. The first-order valence-electron chi connectivity index (χ1n) is 4.73. The van der Waals surface area contributed by atoms with Gasteiger partial charge in [0.15, 0.2) is 0 Å². The molecule has 6 heteroatoms. The fourth-order valence-corrected chi connectivity index (χ4v) is 2.42. The molecule has 1 aliphatic rings. The zero-order valence-corrected chi connectivity index (χ0v) is 10.5. The molecule has 1 aromatic rings. The Morgan fingerprint density at radius 1 is 1.47 bits per heavy atom. The van der Waals surface area contributed by atoms with Crippen LogP contribution in [0.4, 0.5) is 0 Å². The lowest BCUT2D eigenvalue weighted by Crippen LogP contribution is -2.00. The van der Waals surface area contributed by atoms with E-state index >= 15 is 0 Å². The number of hydrogen-bond acceptors (Lipinski definition) is 4. The van der Waals surface area contributed by atoms with Crippen molar-refractivity contribution in [2.45, 2.75) is 4.90 Å². The topological polar surface area (TPSA) is 63.6 Å². The van der Waals surface area contributed by atoms with Gasteiger partial charge in [-0.05, 0) is 12.1 Å². The Balaban J connectivity index is 2.51. The molecule has 0 radical (unpaired) electrons. The summed E-state index contributed by atoms with van der Waals surface area (Å²) >= 11 is 6.00. The third-order valence-electron chi connectivity index (χ3n) is 2.37. The molecule has 0 bridgehead atoms. The lowest BCUT2D eigenvalue weighted by atomic mass is 10.1. The van der Waals surface area contributed by atoms with Crippen molar-refractivity contribution in [2.24, 2.45) is 0 Å². The molecule has 0 spiro atoms. The van der Waals surface area contributed by atoms with E-state index in [1.165, 1.54) is 12.3 Å². The summed E-state index contributed by atoms with van der Waals surface area (Å²) in [5, 5.41) is 9.79. The summed E-state index contributed by atoms with van der Waals surface area (Å²) in [7, 11) is -1.15. The van der Waals surface area contributed by atoms with Crippen molar-refractivity contribution in [3.63, 3.8) is 0 Å². The molecule has 1 aromatic carbocycles. The van der Waals surface area contributed by atoms with Gasteiger partial charge in [-0.1, -0.05) is 17.7 Å². The van der Waals surface area contributed by atoms with Crippen molar-refractivity contribution in [1.82, 2.24) is 0 Å². The van der Waals surface area contributed by atoms with Crippen LogP contribution in [0.5, 0.6) is 0 Å². The highest BCUT2D eigenvalue weighted by atomic mass is 35.5. The molecule has 0 saturated carbocycles. The fourth-order valence-electron chi connectivity index (χ4n) is 1.54. The third kappa shape index (κ3) is 2.21. The molecule has 0 aromatic heterocycles. The predicted molar refractivity (Wildman–Crippen MR) is 64.3 cm³/mol. The average Bonchev–Trinajstić information content (AvgIpc) is 2.59. The third-order valence-corrected chi connectivity index (χ3v) is 3.60. The van der Waals surface area contributed by atoms with Gasteiger partial charge in [-0.25, -0.2) is 4.79 Å². The first kappa shape index (κ1) is 12.1. The van der Waals surface area contributed by atoms with Crippen molar-refractivity contribution >= 4 is 33.9 Å². The van der Waals surface area contributed by atoms with Gasteiger partial charge in [0.2, 0.25) is 0 Å². The smallest absolute Gasteiger partial charge is 0.342 e. The van der Waals surface area contributed by atoms with Crippen molar-refractivity contribution in [3.05, 3.63) is 34.5 Å². The molecule has 0 saturated heterocycles. The zero-order chi connectivity index (χ0) is 12.6. The number of halogens is 1. The molecule has 0 fully saturated rings. The second-order valence-electron chi connectivity index (χ2n) is 3.49. The lowest BCUT2D eigenvalue weighted by molar-refractivity contribution is -0.134. The number of aliphatic hydroxyl groups is 1. The zero-order valence-electron chi connectivity index (χ0n) is 8.90. The second kappa shape index (κ2) is 4.50. The Bertz CT molecular complexity index is 550. The van der Waals surface area contributed by atoms with E-state index in [1.807, 2.05) is 0 Å². The van der Waals surface area contributed by atoms with Gasteiger partial charge in [0.25, 0.3) is 0 Å². The Labute approximate surface area is 105 Å². The Morgan fingerprint density at radius 2 is 2.18 bits per heavy atom. The average molecular weight is 273 g/mol. The van der Waals surface area contributed by atoms with Crippen LogP contribution in [0.1, 0.15) is 5.56 Å². The molecule has 0 amide bonds. The van der Waals surface area contributed by atoms with Gasteiger partial charge in [0, 0.05) is 32.5 Å². The molecule has 90 valence electrons. The number of carbonyl (C=O) groups excluding carboxylic acids is 1. The van der Waals surface area contributed by atoms with E-state index in [0.29, 0.717) is 10.5 Å². The van der Waals surface area contributed by atoms with E-state index in [1.54, 1.807) is 12.1 Å². The normalized spacial score (nSPS) is 17.2. The molecule has 1 heterocycles. The largest absolute Gasteiger partial charge is 0.508 e. The molecule has 17 heavy (non-hydrogen) atoms. The SMILES string of the molecule is CS(=O)c1ccc(C2=C(O)COC2=O)c(Cl)c1. The van der Waals surface area contributed by atoms with Crippen LogP contribution in [-0.2, 0) is 20.3 Å². The van der Waals surface area contributed by atoms with Crippen LogP contribution in [0.2, 0.25) is 5.02 Å². The van der Waals surface area contributed by atoms with Gasteiger partial charge >= 0.3 is 5.97 Å². The van der Waals surface area contributed by atoms with E-state index in [0.717, 1.165) is 0 Å². The number of hydrogen-bond donors (Lipinski definition) is 1. The maximum Gasteiger partial charge on any atom is 0.342 e. The summed E-state index contributed by atoms with van der Waals surface area (Å²) in [6.07, 6.45) is 1.53. The highest BCUT2D eigenvalue weighted by Crippen LogP contribution is 2.31. The van der Waals surface area contributed by atoms with Gasteiger partial charge in [0.05, 0.1) is 0 Å². The molecule has 2 rings (SSSR count). The molecular weight excluding hydrogens is 264 g/mol. The summed E-state index contributed by atoms with van der Waals surface area (Å²) in [4.78, 5) is 12.0. The maximum atomic E-state index is 11.4. The lowest BCUT2D eigenvalue weighted by Gasteiger charge is -2.05. The number of cyclic esters (lactones) is 1. The molecule has 1 unspecified atom stereocenters. The quantitative estimate of drug-likeness (QED) is 0.835. The number of rotatable bonds is 2. The van der Waals surface area contributed by atoms with Crippen molar-refractivity contribution in [3.8, 4) is 0 Å². The van der Waals surface area contributed by atoms with E-state index in [4.69, 9.17) is 11.6 Å². The number of benzene rings is 1. The molecule has 1 atom stereocenters. The predicted octanol–water partition coefficient (Wildman–Crippen LogP) is 1.90. The minimum atomic E-state index is -1.15. The van der Waals surface area contributed by atoms with Crippen molar-refractivity contribution in [2.75, 3.05) is 12.9 Å². The van der Waals surface area contributed by atoms with E-state index in [2.05, 4.69) is 4.74 Å². The van der Waals surface area contributed by atoms with Crippen LogP contribution in [0, 0.1) is 0 Å². The summed E-state index contributed by atoms with van der Waals surface area (Å²) in [6, 6.07) is 4.67. The van der Waals surface area contributed by atoms with E-state index in [-0.39, 0.29) is 23.0 Å². The van der Waals surface area contributed by atoms with Crippen LogP contribution in [0.25, 0.3) is 5.57 Å². The summed E-state index contributed by atoms with van der Waals surface area (Å²) < 4.78 is 15.9. The van der Waals surface area contributed by atoms with Crippen LogP contribution in [0.3, 0.4) is 0 Å². The van der Waals surface area contributed by atoms with Gasteiger partial charge in [-0.15, -0.1) is 0 Å². The monoisotopic (exact) mass is 272 g/mol. The molecule has 4 nitrogen and oxygen atoms in total. The van der Waals surface area contributed by atoms with Crippen molar-refractivity contribution in [1.29, 1.82) is 0 Å². The van der Waals surface area contributed by atoms with E-state index < -0.39 is 16.8 Å². The molecular formula is C11H9ClO4S. The maximum absolute atomic E-state index is 11.4. The van der Waals surface area contributed by atoms with Gasteiger partial charge in [0.1, 0.15) is 17.9 Å². The summed E-state index contributed by atoms with van der Waals surface area (Å²) in [5.41, 5.74) is 0.462. The van der Waals surface area contributed by atoms with E-state index in [9.17, 15) is 14.1 Å². The van der Waals surface area contributed by atoms with Crippen LogP contribution < -0.4 is 0 Å². The highest BCUT2D eigenvalue weighted by molar-refractivity contribution is 7.84. The minimum absolute atomic E-state index is 0.0726. The minimum Gasteiger partial charge on any atom is -0.508 e. The number of ether oxygens (including phenoxy) is 1. The fraction of sp³-hybridized carbons (Fsp3) is 0.182. The van der Waals surface area contributed by atoms with Gasteiger partial charge in [-0.3, -0.25) is 4.21 Å². The van der Waals surface area contributed by atoms with Crippen LogP contribution >= 0.6 is 11.6 Å². The van der Waals surface area contributed by atoms with Gasteiger partial charge in [-0.2, -0.15) is 0 Å². The molecule has 1 aliphatic heterocycles. The Hall–Kier alpha value is -1.33. The highest BCUT2D eigenvalue weighted by Gasteiger charge is 2.27. The van der Waals surface area contributed by atoms with Crippen LogP contribution in [-0.4, -0.2) is 28.1 Å². The standard InChI is InChI=1S/C11H9ClO4S/c1-17(15)6-2-3-7(8(12)4-6)10-9(13)5-16-11(10)14/h2-4,13H,5H2,1H3. The first-order chi connectivity index (χ1) is 8.00. The Morgan fingerprint density at radius 3 is 2.65 bits per heavy atom. The van der Waals surface area contributed by atoms with Gasteiger partial charge < -0.3 is 9.84 Å². The summed E-state index contributed by atoms with van der Waals surface area (Å²) in [5.74, 6) is -0.739. The Kier molecular flexibility index (Phi) is 3.22. The second-order valence-corrected chi connectivity index (χ2v) is 5.28. The summed E-state index contributed by atoms with van der Waals surface area (Å²) in [6.45, 7) is -0.133.